The van der Waals surface area contributed by atoms with Gasteiger partial charge in [-0.15, -0.1) is 11.8 Å². The Balaban J connectivity index is 2.04. The molecule has 0 aliphatic carbocycles. The molecule has 0 amide bonds. The maximum atomic E-state index is 5.55. The summed E-state index contributed by atoms with van der Waals surface area (Å²) in [5, 5.41) is 3.24. The molecule has 5 heteroatoms. The zero-order valence-electron chi connectivity index (χ0n) is 11.2. The molecule has 0 bridgehead atoms. The third-order valence-electron chi connectivity index (χ3n) is 2.68. The molecule has 0 saturated heterocycles. The van der Waals surface area contributed by atoms with Crippen LogP contribution in [0.25, 0.3) is 11.5 Å². The highest BCUT2D eigenvalue weighted by molar-refractivity contribution is 7.98. The first-order valence-corrected chi connectivity index (χ1v) is 7.35. The van der Waals surface area contributed by atoms with Crippen LogP contribution in [0.1, 0.15) is 5.69 Å². The summed E-state index contributed by atoms with van der Waals surface area (Å²) in [6.07, 6.45) is 3.75. The van der Waals surface area contributed by atoms with Crippen LogP contribution in [0.15, 0.2) is 39.8 Å². The molecule has 4 nitrogen and oxygen atoms in total. The molecule has 0 unspecified atom stereocenters. The smallest absolute Gasteiger partial charge is 0.227 e. The van der Waals surface area contributed by atoms with Gasteiger partial charge in [-0.2, -0.15) is 0 Å². The fourth-order valence-electron chi connectivity index (χ4n) is 1.72. The first-order chi connectivity index (χ1) is 9.35. The van der Waals surface area contributed by atoms with Gasteiger partial charge in [-0.25, -0.2) is 4.98 Å². The van der Waals surface area contributed by atoms with Gasteiger partial charge in [-0.05, 0) is 18.4 Å². The first kappa shape index (κ1) is 14.1. The number of ether oxygens (including phenoxy) is 1. The van der Waals surface area contributed by atoms with Crippen LogP contribution in [0, 0.1) is 0 Å². The Hall–Kier alpha value is -1.30. The van der Waals surface area contributed by atoms with Crippen molar-refractivity contribution in [1.29, 1.82) is 0 Å². The highest BCUT2D eigenvalue weighted by Gasteiger charge is 2.10. The molecule has 1 N–H and O–H groups in total. The molecule has 0 spiro atoms. The van der Waals surface area contributed by atoms with E-state index in [1.807, 2.05) is 18.2 Å². The average molecular weight is 278 g/mol. The van der Waals surface area contributed by atoms with E-state index in [1.165, 1.54) is 4.90 Å². The fourth-order valence-corrected chi connectivity index (χ4v) is 2.31. The zero-order chi connectivity index (χ0) is 13.5. The van der Waals surface area contributed by atoms with Crippen LogP contribution < -0.4 is 5.32 Å². The van der Waals surface area contributed by atoms with Gasteiger partial charge in [0.15, 0.2) is 0 Å². The molecule has 1 heterocycles. The quantitative estimate of drug-likeness (QED) is 0.623. The number of benzene rings is 1. The van der Waals surface area contributed by atoms with E-state index >= 15 is 0 Å². The molecule has 0 saturated carbocycles. The van der Waals surface area contributed by atoms with Crippen LogP contribution in [0.2, 0.25) is 0 Å². The van der Waals surface area contributed by atoms with Gasteiger partial charge in [0.05, 0.1) is 17.9 Å². The molecule has 0 radical (unpaired) electrons. The highest BCUT2D eigenvalue weighted by atomic mass is 32.2. The van der Waals surface area contributed by atoms with Crippen molar-refractivity contribution in [1.82, 2.24) is 10.3 Å². The minimum atomic E-state index is 0.675. The molecule has 1 aromatic carbocycles. The second-order valence-corrected chi connectivity index (χ2v) is 4.86. The number of methoxy groups -OCH3 is 1. The summed E-state index contributed by atoms with van der Waals surface area (Å²) >= 11 is 1.69. The molecule has 0 fully saturated rings. The molecule has 1 aromatic heterocycles. The summed E-state index contributed by atoms with van der Waals surface area (Å²) in [7, 11) is 1.69. The van der Waals surface area contributed by atoms with E-state index in [9.17, 15) is 0 Å². The summed E-state index contributed by atoms with van der Waals surface area (Å²) < 4.78 is 10.5. The molecule has 2 aromatic rings. The number of oxazole rings is 1. The predicted molar refractivity (Wildman–Crippen MR) is 77.3 cm³/mol. The Labute approximate surface area is 117 Å². The van der Waals surface area contributed by atoms with E-state index in [2.05, 4.69) is 22.6 Å². The van der Waals surface area contributed by atoms with E-state index < -0.39 is 0 Å². The summed E-state index contributed by atoms with van der Waals surface area (Å²) in [5.41, 5.74) is 1.94. The molecule has 102 valence electrons. The van der Waals surface area contributed by atoms with Crippen molar-refractivity contribution in [2.45, 2.75) is 11.4 Å². The van der Waals surface area contributed by atoms with Crippen molar-refractivity contribution in [2.24, 2.45) is 0 Å². The SMILES string of the molecule is COCCNCc1coc(-c2ccccc2SC)n1. The first-order valence-electron chi connectivity index (χ1n) is 6.12. The third-order valence-corrected chi connectivity index (χ3v) is 3.47. The van der Waals surface area contributed by atoms with Crippen LogP contribution in [0.4, 0.5) is 0 Å². The normalized spacial score (nSPS) is 10.8. The highest BCUT2D eigenvalue weighted by Crippen LogP contribution is 2.29. The monoisotopic (exact) mass is 278 g/mol. The largest absolute Gasteiger partial charge is 0.444 e. The van der Waals surface area contributed by atoms with Crippen LogP contribution in [-0.2, 0) is 11.3 Å². The van der Waals surface area contributed by atoms with Crippen molar-refractivity contribution >= 4 is 11.8 Å². The van der Waals surface area contributed by atoms with E-state index in [0.29, 0.717) is 19.0 Å². The predicted octanol–water partition coefficient (Wildman–Crippen LogP) is 2.80. The van der Waals surface area contributed by atoms with Crippen molar-refractivity contribution < 1.29 is 9.15 Å². The van der Waals surface area contributed by atoms with Gasteiger partial charge >= 0.3 is 0 Å². The Morgan fingerprint density at radius 2 is 2.21 bits per heavy atom. The minimum Gasteiger partial charge on any atom is -0.444 e. The summed E-state index contributed by atoms with van der Waals surface area (Å²) in [5.74, 6) is 0.675. The Kier molecular flexibility index (Phi) is 5.44. The van der Waals surface area contributed by atoms with Crippen molar-refractivity contribution in [2.75, 3.05) is 26.5 Å². The molecular formula is C14H18N2O2S. The second-order valence-electron chi connectivity index (χ2n) is 4.01. The number of hydrogen-bond acceptors (Lipinski definition) is 5. The lowest BCUT2D eigenvalue weighted by atomic mass is 10.2. The Morgan fingerprint density at radius 3 is 3.00 bits per heavy atom. The fraction of sp³-hybridized carbons (Fsp3) is 0.357. The standard InChI is InChI=1S/C14H18N2O2S/c1-17-8-7-15-9-11-10-18-14(16-11)12-5-3-4-6-13(12)19-2/h3-6,10,15H,7-9H2,1-2H3. The van der Waals surface area contributed by atoms with Gasteiger partial charge in [0, 0.05) is 25.1 Å². The number of rotatable bonds is 7. The maximum Gasteiger partial charge on any atom is 0.227 e. The lowest BCUT2D eigenvalue weighted by Gasteiger charge is -2.02. The van der Waals surface area contributed by atoms with Gasteiger partial charge < -0.3 is 14.5 Å². The van der Waals surface area contributed by atoms with E-state index in [0.717, 1.165) is 17.8 Å². The van der Waals surface area contributed by atoms with E-state index in [-0.39, 0.29) is 0 Å². The van der Waals surface area contributed by atoms with E-state index in [4.69, 9.17) is 9.15 Å². The summed E-state index contributed by atoms with van der Waals surface area (Å²) in [6, 6.07) is 8.11. The summed E-state index contributed by atoms with van der Waals surface area (Å²) in [6.45, 7) is 2.19. The number of nitrogens with one attached hydrogen (secondary N) is 1. The van der Waals surface area contributed by atoms with Crippen LogP contribution in [0.5, 0.6) is 0 Å². The Morgan fingerprint density at radius 1 is 1.37 bits per heavy atom. The lowest BCUT2D eigenvalue weighted by Crippen LogP contribution is -2.18. The van der Waals surface area contributed by atoms with Gasteiger partial charge in [0.1, 0.15) is 6.26 Å². The second kappa shape index (κ2) is 7.33. The molecule has 19 heavy (non-hydrogen) atoms. The van der Waals surface area contributed by atoms with Gasteiger partial charge in [-0.1, -0.05) is 12.1 Å². The lowest BCUT2D eigenvalue weighted by molar-refractivity contribution is 0.199. The van der Waals surface area contributed by atoms with Crippen LogP contribution in [-0.4, -0.2) is 31.5 Å². The third kappa shape index (κ3) is 3.83. The topological polar surface area (TPSA) is 47.3 Å². The van der Waals surface area contributed by atoms with Crippen molar-refractivity contribution in [3.05, 3.63) is 36.2 Å². The number of aromatic nitrogens is 1. The van der Waals surface area contributed by atoms with Crippen LogP contribution >= 0.6 is 11.8 Å². The molecule has 2 rings (SSSR count). The zero-order valence-corrected chi connectivity index (χ0v) is 12.0. The number of thioether (sulfide) groups is 1. The molecule has 0 aliphatic heterocycles. The van der Waals surface area contributed by atoms with Gasteiger partial charge in [-0.3, -0.25) is 0 Å². The summed E-state index contributed by atoms with van der Waals surface area (Å²) in [4.78, 5) is 5.67. The van der Waals surface area contributed by atoms with Crippen molar-refractivity contribution in [3.63, 3.8) is 0 Å². The van der Waals surface area contributed by atoms with Crippen LogP contribution in [0.3, 0.4) is 0 Å². The van der Waals surface area contributed by atoms with Crippen molar-refractivity contribution in [3.8, 4) is 11.5 Å². The molecule has 0 atom stereocenters. The number of hydrogen-bond donors (Lipinski definition) is 1. The minimum absolute atomic E-state index is 0.675. The maximum absolute atomic E-state index is 5.55. The van der Waals surface area contributed by atoms with Gasteiger partial charge in [0.25, 0.3) is 0 Å². The molecule has 0 aliphatic rings. The molecular weight excluding hydrogens is 260 g/mol. The van der Waals surface area contributed by atoms with E-state index in [1.54, 1.807) is 25.1 Å². The Bertz CT molecular complexity index is 514. The van der Waals surface area contributed by atoms with Gasteiger partial charge in [0.2, 0.25) is 5.89 Å². The number of nitrogens with zero attached hydrogens (tertiary/aromatic N) is 1. The average Bonchev–Trinajstić information content (AvgIpc) is 2.92.